The average molecular weight is 394 g/mol. The zero-order valence-electron chi connectivity index (χ0n) is 15.6. The highest BCUT2D eigenvalue weighted by molar-refractivity contribution is 6.05. The molecule has 1 aliphatic heterocycles. The van der Waals surface area contributed by atoms with Gasteiger partial charge in [-0.25, -0.2) is 0 Å². The molecule has 0 aliphatic carbocycles. The van der Waals surface area contributed by atoms with E-state index in [-0.39, 0.29) is 18.5 Å². The van der Waals surface area contributed by atoms with E-state index in [0.717, 1.165) is 30.7 Å². The lowest BCUT2D eigenvalue weighted by Gasteiger charge is -2.32. The van der Waals surface area contributed by atoms with Crippen molar-refractivity contribution in [1.82, 2.24) is 5.32 Å². The van der Waals surface area contributed by atoms with E-state index in [1.807, 2.05) is 18.2 Å². The molecule has 2 atom stereocenters. The van der Waals surface area contributed by atoms with Crippen LogP contribution in [0.2, 0.25) is 0 Å². The molecule has 4 aromatic rings. The van der Waals surface area contributed by atoms with E-state index in [9.17, 15) is 0 Å². The normalized spacial score (nSPS) is 19.6. The van der Waals surface area contributed by atoms with Crippen molar-refractivity contribution in [2.24, 2.45) is 0 Å². The number of nitrogens with one attached hydrogen (secondary N) is 1. The van der Waals surface area contributed by atoms with Crippen LogP contribution < -0.4 is 5.32 Å². The molecule has 3 aromatic carbocycles. The summed E-state index contributed by atoms with van der Waals surface area (Å²) >= 11 is 0. The summed E-state index contributed by atoms with van der Waals surface area (Å²) in [6, 6.07) is 25.2. The summed E-state index contributed by atoms with van der Waals surface area (Å²) in [6.07, 6.45) is 1.19. The number of ether oxygens (including phenoxy) is 1. The lowest BCUT2D eigenvalue weighted by atomic mass is 9.86. The van der Waals surface area contributed by atoms with Crippen molar-refractivity contribution in [2.75, 3.05) is 13.1 Å². The molecule has 2 unspecified atom stereocenters. The van der Waals surface area contributed by atoms with Gasteiger partial charge in [0, 0.05) is 28.8 Å². The van der Waals surface area contributed by atoms with Crippen molar-refractivity contribution >= 4 is 34.3 Å². The average Bonchev–Trinajstić information content (AvgIpc) is 3.12. The van der Waals surface area contributed by atoms with Gasteiger partial charge in [-0.05, 0) is 24.6 Å². The smallest absolute Gasteiger partial charge is 0.138 e. The summed E-state index contributed by atoms with van der Waals surface area (Å²) in [5.41, 5.74) is 4.45. The van der Waals surface area contributed by atoms with Crippen LogP contribution in [0, 0.1) is 0 Å². The molecule has 1 aromatic heterocycles. The Hall–Kier alpha value is -2.33. The lowest BCUT2D eigenvalue weighted by molar-refractivity contribution is 0.0107. The van der Waals surface area contributed by atoms with Crippen LogP contribution in [0.1, 0.15) is 23.5 Å². The molecule has 2 heterocycles. The van der Waals surface area contributed by atoms with Gasteiger partial charge in [-0.1, -0.05) is 66.7 Å². The maximum Gasteiger partial charge on any atom is 0.138 e. The minimum Gasteiger partial charge on any atom is -0.456 e. The zero-order chi connectivity index (χ0) is 18.1. The van der Waals surface area contributed by atoms with Gasteiger partial charge >= 0.3 is 0 Å². The summed E-state index contributed by atoms with van der Waals surface area (Å²) in [5, 5.41) is 5.87. The Morgan fingerprint density at radius 3 is 2.57 bits per heavy atom. The molecule has 4 heteroatoms. The fourth-order valence-electron chi connectivity index (χ4n) is 4.20. The van der Waals surface area contributed by atoms with Gasteiger partial charge in [0.1, 0.15) is 11.2 Å². The molecule has 0 saturated carbocycles. The Labute approximate surface area is 171 Å². The number of halogens is 1. The number of rotatable bonds is 4. The molecule has 0 spiro atoms. The molecule has 0 bridgehead atoms. The first-order valence-electron chi connectivity index (χ1n) is 9.66. The van der Waals surface area contributed by atoms with Crippen LogP contribution in [0.15, 0.2) is 77.2 Å². The monoisotopic (exact) mass is 393 g/mol. The van der Waals surface area contributed by atoms with Crippen molar-refractivity contribution in [3.63, 3.8) is 0 Å². The van der Waals surface area contributed by atoms with Gasteiger partial charge < -0.3 is 14.5 Å². The number of furan rings is 1. The molecular formula is C24H24ClNO2. The highest BCUT2D eigenvalue weighted by Crippen LogP contribution is 2.37. The molecule has 1 saturated heterocycles. The molecule has 144 valence electrons. The van der Waals surface area contributed by atoms with Crippen molar-refractivity contribution < 1.29 is 9.15 Å². The molecule has 1 aliphatic rings. The molecule has 5 rings (SSSR count). The number of hydrogen-bond donors (Lipinski definition) is 1. The second-order valence-corrected chi connectivity index (χ2v) is 7.26. The highest BCUT2D eigenvalue weighted by atomic mass is 35.5. The van der Waals surface area contributed by atoms with Crippen molar-refractivity contribution in [2.45, 2.75) is 25.0 Å². The van der Waals surface area contributed by atoms with E-state index in [1.165, 1.54) is 21.9 Å². The first kappa shape index (κ1) is 19.0. The van der Waals surface area contributed by atoms with E-state index in [4.69, 9.17) is 9.15 Å². The Balaban J connectivity index is 0.00000192. The Bertz CT molecular complexity index is 1060. The number of fused-ring (bicyclic) bond motifs is 3. The Morgan fingerprint density at radius 2 is 1.68 bits per heavy atom. The van der Waals surface area contributed by atoms with E-state index in [0.29, 0.717) is 12.5 Å². The van der Waals surface area contributed by atoms with E-state index < -0.39 is 0 Å². The minimum atomic E-state index is 0. The van der Waals surface area contributed by atoms with Crippen LogP contribution in [0.5, 0.6) is 0 Å². The van der Waals surface area contributed by atoms with Crippen LogP contribution in [0.25, 0.3) is 21.9 Å². The van der Waals surface area contributed by atoms with Gasteiger partial charge in [-0.3, -0.25) is 0 Å². The van der Waals surface area contributed by atoms with E-state index in [1.54, 1.807) is 0 Å². The maximum absolute atomic E-state index is 6.35. The summed E-state index contributed by atoms with van der Waals surface area (Å²) < 4.78 is 12.6. The topological polar surface area (TPSA) is 34.4 Å². The predicted octanol–water partition coefficient (Wildman–Crippen LogP) is 5.67. The minimum absolute atomic E-state index is 0. The fourth-order valence-corrected chi connectivity index (χ4v) is 4.20. The Morgan fingerprint density at radius 1 is 0.893 bits per heavy atom. The third kappa shape index (κ3) is 3.53. The second kappa shape index (κ2) is 8.36. The fraction of sp³-hybridized carbons (Fsp3) is 0.250. The molecule has 3 nitrogen and oxygen atoms in total. The van der Waals surface area contributed by atoms with Gasteiger partial charge in [0.25, 0.3) is 0 Å². The van der Waals surface area contributed by atoms with E-state index >= 15 is 0 Å². The number of benzene rings is 3. The van der Waals surface area contributed by atoms with E-state index in [2.05, 4.69) is 59.9 Å². The molecule has 1 N–H and O–H groups in total. The van der Waals surface area contributed by atoms with Gasteiger partial charge in [0.15, 0.2) is 0 Å². The highest BCUT2D eigenvalue weighted by Gasteiger charge is 2.29. The summed E-state index contributed by atoms with van der Waals surface area (Å²) in [4.78, 5) is 0. The third-order valence-electron chi connectivity index (χ3n) is 5.57. The van der Waals surface area contributed by atoms with Crippen molar-refractivity contribution in [3.8, 4) is 0 Å². The lowest BCUT2D eigenvalue weighted by Crippen LogP contribution is -2.41. The molecular weight excluding hydrogens is 370 g/mol. The third-order valence-corrected chi connectivity index (χ3v) is 5.57. The van der Waals surface area contributed by atoms with Gasteiger partial charge in [-0.2, -0.15) is 0 Å². The molecule has 28 heavy (non-hydrogen) atoms. The van der Waals surface area contributed by atoms with Crippen LogP contribution >= 0.6 is 12.4 Å². The summed E-state index contributed by atoms with van der Waals surface area (Å²) in [7, 11) is 0. The Kier molecular flexibility index (Phi) is 5.67. The van der Waals surface area contributed by atoms with Crippen LogP contribution in [-0.2, 0) is 11.3 Å². The molecule has 1 fully saturated rings. The van der Waals surface area contributed by atoms with Crippen LogP contribution in [0.4, 0.5) is 0 Å². The summed E-state index contributed by atoms with van der Waals surface area (Å²) in [5.74, 6) is 0.333. The van der Waals surface area contributed by atoms with Crippen molar-refractivity contribution in [3.05, 3.63) is 83.9 Å². The number of piperidine rings is 1. The largest absolute Gasteiger partial charge is 0.456 e. The maximum atomic E-state index is 6.35. The number of para-hydroxylation sites is 2. The van der Waals surface area contributed by atoms with Gasteiger partial charge in [0.2, 0.25) is 0 Å². The predicted molar refractivity (Wildman–Crippen MR) is 116 cm³/mol. The first-order chi connectivity index (χ1) is 13.4. The van der Waals surface area contributed by atoms with Gasteiger partial charge in [-0.15, -0.1) is 12.4 Å². The number of hydrogen-bond acceptors (Lipinski definition) is 3. The quantitative estimate of drug-likeness (QED) is 0.485. The summed E-state index contributed by atoms with van der Waals surface area (Å²) in [6.45, 7) is 2.51. The first-order valence-corrected chi connectivity index (χ1v) is 9.66. The van der Waals surface area contributed by atoms with Crippen LogP contribution in [0.3, 0.4) is 0 Å². The molecule has 0 radical (unpaired) electrons. The standard InChI is InChI=1S/C24H23NO2.ClH/c1-2-7-17(8-3-1)16-26-23-15-25-14-13-19(23)21-11-6-10-20-18-9-4-5-12-22(18)27-24(20)21;/h1-12,19,23,25H,13-16H2;1H. The van der Waals surface area contributed by atoms with Gasteiger partial charge in [0.05, 0.1) is 12.7 Å². The zero-order valence-corrected chi connectivity index (χ0v) is 16.5. The van der Waals surface area contributed by atoms with Crippen molar-refractivity contribution in [1.29, 1.82) is 0 Å². The van der Waals surface area contributed by atoms with Crippen LogP contribution in [-0.4, -0.2) is 19.2 Å². The molecule has 0 amide bonds. The SMILES string of the molecule is Cl.c1ccc(COC2CNCCC2c2cccc3c2oc2ccccc23)cc1. The second-order valence-electron chi connectivity index (χ2n) is 7.26.